The average Bonchev–Trinajstić information content (AvgIpc) is 2.51. The Morgan fingerprint density at radius 1 is 1.43 bits per heavy atom. The smallest absolute Gasteiger partial charge is 0.354 e. The number of aryl methyl sites for hydroxylation is 1. The maximum absolute atomic E-state index is 14.2. The van der Waals surface area contributed by atoms with Crippen molar-refractivity contribution >= 4 is 0 Å². The van der Waals surface area contributed by atoms with Crippen molar-refractivity contribution in [3.8, 4) is 0 Å². The predicted octanol–water partition coefficient (Wildman–Crippen LogP) is -0.798. The molecule has 0 aliphatic carbocycles. The third kappa shape index (κ3) is 1.86. The Bertz CT molecular complexity index is 683. The fourth-order valence-corrected chi connectivity index (χ4v) is 2.21. The zero-order valence-electron chi connectivity index (χ0n) is 11.1. The molecular formula is C11H13F3N2O5. The number of aliphatic hydroxyl groups is 2. The molecule has 0 radical (unpaired) electrons. The first kappa shape index (κ1) is 15.7. The number of alkyl halides is 3. The van der Waals surface area contributed by atoms with Crippen molar-refractivity contribution in [1.82, 2.24) is 9.55 Å². The molecular weight excluding hydrogens is 297 g/mol. The van der Waals surface area contributed by atoms with E-state index in [9.17, 15) is 27.9 Å². The van der Waals surface area contributed by atoms with E-state index < -0.39 is 41.5 Å². The molecule has 0 aromatic carbocycles. The monoisotopic (exact) mass is 310 g/mol. The van der Waals surface area contributed by atoms with Crippen LogP contribution in [0.2, 0.25) is 0 Å². The van der Waals surface area contributed by atoms with Gasteiger partial charge in [0, 0.05) is 11.8 Å². The first-order chi connectivity index (χ1) is 9.49. The summed E-state index contributed by atoms with van der Waals surface area (Å²) in [5, 5.41) is 18.2. The predicted molar refractivity (Wildman–Crippen MR) is 62.7 cm³/mol. The van der Waals surface area contributed by atoms with Crippen molar-refractivity contribution in [3.05, 3.63) is 32.6 Å². The first-order valence-corrected chi connectivity index (χ1v) is 5.90. The summed E-state index contributed by atoms with van der Waals surface area (Å²) in [6, 6.07) is 0. The van der Waals surface area contributed by atoms with E-state index in [0.29, 0.717) is 6.92 Å². The fraction of sp³-hybridized carbons (Fsp3) is 0.636. The summed E-state index contributed by atoms with van der Waals surface area (Å²) < 4.78 is 47.3. The van der Waals surface area contributed by atoms with Crippen LogP contribution in [0.15, 0.2) is 15.8 Å². The summed E-state index contributed by atoms with van der Waals surface area (Å²) in [5.41, 5.74) is -5.07. The van der Waals surface area contributed by atoms with Gasteiger partial charge >= 0.3 is 17.5 Å². The molecule has 3 atom stereocenters. The lowest BCUT2D eigenvalue weighted by molar-refractivity contribution is -0.272. The van der Waals surface area contributed by atoms with Crippen LogP contribution in [0, 0.1) is 6.92 Å². The molecule has 1 aliphatic rings. The molecule has 21 heavy (non-hydrogen) atoms. The van der Waals surface area contributed by atoms with Crippen LogP contribution in [0.3, 0.4) is 0 Å². The molecule has 7 nitrogen and oxygen atoms in total. The lowest BCUT2D eigenvalue weighted by Gasteiger charge is -2.33. The number of aromatic amines is 1. The molecule has 2 heterocycles. The number of aromatic nitrogens is 2. The Morgan fingerprint density at radius 2 is 2.00 bits per heavy atom. The van der Waals surface area contributed by atoms with Gasteiger partial charge in [0.2, 0.25) is 5.72 Å². The van der Waals surface area contributed by atoms with E-state index in [-0.39, 0.29) is 10.1 Å². The standard InChI is InChI=1S/C11H13F3N2O5/c1-5-3-16(8(19)15-7(5)18)9(2)11(13,14)10(12,20)6(4-17)21-9/h3,6,17,20H,4H2,1-2H3,(H,15,18,19)/t6-,9-,10-/m1/s1. The third-order valence-electron chi connectivity index (χ3n) is 3.57. The molecule has 0 spiro atoms. The van der Waals surface area contributed by atoms with Crippen LogP contribution in [0.5, 0.6) is 0 Å². The van der Waals surface area contributed by atoms with Crippen molar-refractivity contribution in [1.29, 1.82) is 0 Å². The molecule has 1 saturated heterocycles. The van der Waals surface area contributed by atoms with Crippen LogP contribution in [-0.2, 0) is 10.5 Å². The number of nitrogens with zero attached hydrogens (tertiary/aromatic N) is 1. The SMILES string of the molecule is Cc1cn([C@]2(C)O[C@H](CO)[C@](O)(F)C2(F)F)c(=O)[nH]c1=O. The van der Waals surface area contributed by atoms with Crippen LogP contribution in [0.25, 0.3) is 0 Å². The minimum Gasteiger partial charge on any atom is -0.393 e. The van der Waals surface area contributed by atoms with Gasteiger partial charge in [0.1, 0.15) is 6.10 Å². The van der Waals surface area contributed by atoms with Crippen molar-refractivity contribution in [3.63, 3.8) is 0 Å². The van der Waals surface area contributed by atoms with Crippen molar-refractivity contribution in [2.75, 3.05) is 6.61 Å². The van der Waals surface area contributed by atoms with Gasteiger partial charge in [0.25, 0.3) is 5.56 Å². The topological polar surface area (TPSA) is 105 Å². The fourth-order valence-electron chi connectivity index (χ4n) is 2.21. The summed E-state index contributed by atoms with van der Waals surface area (Å²) >= 11 is 0. The van der Waals surface area contributed by atoms with Gasteiger partial charge in [-0.05, 0) is 13.8 Å². The quantitative estimate of drug-likeness (QED) is 0.663. The molecule has 1 aliphatic heterocycles. The van der Waals surface area contributed by atoms with Crippen LogP contribution in [0.4, 0.5) is 13.2 Å². The number of H-pyrrole nitrogens is 1. The maximum Gasteiger partial charge on any atom is 0.354 e. The average molecular weight is 310 g/mol. The Morgan fingerprint density at radius 3 is 2.48 bits per heavy atom. The summed E-state index contributed by atoms with van der Waals surface area (Å²) in [6.45, 7) is 0.692. The molecule has 0 amide bonds. The zero-order valence-corrected chi connectivity index (χ0v) is 11.1. The van der Waals surface area contributed by atoms with Gasteiger partial charge in [0.05, 0.1) is 6.61 Å². The van der Waals surface area contributed by atoms with Crippen LogP contribution in [0.1, 0.15) is 12.5 Å². The van der Waals surface area contributed by atoms with Crippen LogP contribution >= 0.6 is 0 Å². The van der Waals surface area contributed by atoms with Crippen LogP contribution in [-0.4, -0.2) is 44.3 Å². The molecule has 2 rings (SSSR count). The number of hydrogen-bond acceptors (Lipinski definition) is 5. The van der Waals surface area contributed by atoms with Gasteiger partial charge < -0.3 is 14.9 Å². The van der Waals surface area contributed by atoms with E-state index in [1.54, 1.807) is 4.98 Å². The molecule has 1 aromatic rings. The number of nitrogens with one attached hydrogen (secondary N) is 1. The van der Waals surface area contributed by atoms with Gasteiger partial charge in [-0.25, -0.2) is 9.18 Å². The lowest BCUT2D eigenvalue weighted by Crippen LogP contribution is -2.58. The summed E-state index contributed by atoms with van der Waals surface area (Å²) in [7, 11) is 0. The second-order valence-electron chi connectivity index (χ2n) is 4.96. The van der Waals surface area contributed by atoms with Gasteiger partial charge in [0.15, 0.2) is 0 Å². The molecule has 0 bridgehead atoms. The summed E-state index contributed by atoms with van der Waals surface area (Å²) in [5.74, 6) is -8.73. The Hall–Kier alpha value is -1.65. The molecule has 1 fully saturated rings. The summed E-state index contributed by atoms with van der Waals surface area (Å²) in [4.78, 5) is 24.7. The second-order valence-corrected chi connectivity index (χ2v) is 4.96. The van der Waals surface area contributed by atoms with Crippen molar-refractivity contribution in [2.24, 2.45) is 0 Å². The van der Waals surface area contributed by atoms with Crippen molar-refractivity contribution < 1.29 is 28.1 Å². The minimum absolute atomic E-state index is 0.0925. The molecule has 1 aromatic heterocycles. The molecule has 0 saturated carbocycles. The van der Waals surface area contributed by atoms with E-state index >= 15 is 0 Å². The number of rotatable bonds is 2. The number of halogens is 3. The largest absolute Gasteiger partial charge is 0.393 e. The molecule has 118 valence electrons. The highest BCUT2D eigenvalue weighted by atomic mass is 19.3. The van der Waals surface area contributed by atoms with Crippen LogP contribution < -0.4 is 11.2 Å². The number of ether oxygens (including phenoxy) is 1. The van der Waals surface area contributed by atoms with E-state index in [4.69, 9.17) is 9.84 Å². The van der Waals surface area contributed by atoms with E-state index in [1.165, 1.54) is 6.92 Å². The highest BCUT2D eigenvalue weighted by molar-refractivity contribution is 5.11. The number of hydrogen-bond donors (Lipinski definition) is 3. The number of aliphatic hydroxyl groups excluding tert-OH is 1. The van der Waals surface area contributed by atoms with E-state index in [0.717, 1.165) is 6.20 Å². The minimum atomic E-state index is -4.55. The first-order valence-electron chi connectivity index (χ1n) is 5.90. The van der Waals surface area contributed by atoms with Gasteiger partial charge in [-0.3, -0.25) is 14.3 Å². The molecule has 0 unspecified atom stereocenters. The van der Waals surface area contributed by atoms with E-state index in [2.05, 4.69) is 0 Å². The van der Waals surface area contributed by atoms with Gasteiger partial charge in [-0.1, -0.05) is 0 Å². The highest BCUT2D eigenvalue weighted by Crippen LogP contribution is 2.53. The normalized spacial score (nSPS) is 35.1. The molecule has 3 N–H and O–H groups in total. The molecule has 10 heteroatoms. The zero-order chi connectivity index (χ0) is 16.2. The lowest BCUT2D eigenvalue weighted by atomic mass is 10.00. The third-order valence-corrected chi connectivity index (χ3v) is 3.57. The summed E-state index contributed by atoms with van der Waals surface area (Å²) in [6.07, 6.45) is -1.48. The second kappa shape index (κ2) is 4.42. The Kier molecular flexibility index (Phi) is 3.31. The maximum atomic E-state index is 14.2. The Balaban J connectivity index is 2.71. The Labute approximate surface area is 115 Å². The van der Waals surface area contributed by atoms with E-state index in [1.807, 2.05) is 0 Å². The highest BCUT2D eigenvalue weighted by Gasteiger charge is 2.77. The van der Waals surface area contributed by atoms with Crippen molar-refractivity contribution in [2.45, 2.75) is 37.5 Å². The van der Waals surface area contributed by atoms with Gasteiger partial charge in [-0.2, -0.15) is 8.78 Å². The van der Waals surface area contributed by atoms with Gasteiger partial charge in [-0.15, -0.1) is 0 Å².